The Morgan fingerprint density at radius 1 is 0.878 bits per heavy atom. The summed E-state index contributed by atoms with van der Waals surface area (Å²) >= 11 is 0. The number of aliphatic hydroxyl groups excluding tert-OH is 1. The summed E-state index contributed by atoms with van der Waals surface area (Å²) in [5.41, 5.74) is -2.65. The van der Waals surface area contributed by atoms with Crippen LogP contribution in [0.3, 0.4) is 0 Å². The van der Waals surface area contributed by atoms with Crippen molar-refractivity contribution in [1.29, 1.82) is 0 Å². The van der Waals surface area contributed by atoms with Crippen molar-refractivity contribution in [2.45, 2.75) is 159 Å². The van der Waals surface area contributed by atoms with E-state index < -0.39 is 22.7 Å². The summed E-state index contributed by atoms with van der Waals surface area (Å²) in [5.74, 6) is 0.0604. The first-order chi connectivity index (χ1) is 19.7. The molecule has 4 saturated carbocycles. The predicted octanol–water partition coefficient (Wildman–Crippen LogP) is 6.69. The van der Waals surface area contributed by atoms with Gasteiger partial charge in [-0.25, -0.2) is 4.79 Å². The molecule has 6 nitrogen and oxygen atoms in total. The number of aliphatic imine (C=N–C) groups is 1. The van der Waals surface area contributed by atoms with Gasteiger partial charge in [-0.2, -0.15) is 0 Å². The number of hydrogen-bond acceptors (Lipinski definition) is 6. The van der Waals surface area contributed by atoms with Crippen LogP contribution in [0, 0.1) is 28.6 Å². The lowest BCUT2D eigenvalue weighted by molar-refractivity contribution is -0.241. The van der Waals surface area contributed by atoms with Crippen LogP contribution in [0.25, 0.3) is 0 Å². The van der Waals surface area contributed by atoms with Crippen molar-refractivity contribution in [3.05, 3.63) is 12.2 Å². The van der Waals surface area contributed by atoms with Crippen LogP contribution in [0.4, 0.5) is 0 Å². The van der Waals surface area contributed by atoms with E-state index in [0.717, 1.165) is 45.1 Å². The molecule has 0 amide bonds. The zero-order valence-electron chi connectivity index (χ0n) is 25.9. The number of carbonyl (C=O) groups is 1. The van der Waals surface area contributed by atoms with Gasteiger partial charge in [0, 0.05) is 42.0 Å². The van der Waals surface area contributed by atoms with Crippen molar-refractivity contribution in [3.8, 4) is 0 Å². The Kier molecular flexibility index (Phi) is 9.72. The molecule has 0 saturated heterocycles. The van der Waals surface area contributed by atoms with Gasteiger partial charge in [0.25, 0.3) is 0 Å². The molecule has 4 aliphatic carbocycles. The maximum absolute atomic E-state index is 12.5. The highest BCUT2D eigenvalue weighted by molar-refractivity contribution is 5.84. The second-order valence-electron chi connectivity index (χ2n) is 14.7. The Morgan fingerprint density at radius 3 is 2.22 bits per heavy atom. The van der Waals surface area contributed by atoms with Crippen molar-refractivity contribution in [3.63, 3.8) is 0 Å². The average molecular weight is 572 g/mol. The molecule has 1 heterocycles. The van der Waals surface area contributed by atoms with Crippen LogP contribution in [0.15, 0.2) is 17.1 Å². The summed E-state index contributed by atoms with van der Waals surface area (Å²) in [6, 6.07) is 0. The van der Waals surface area contributed by atoms with Crippen LogP contribution < -0.4 is 0 Å². The second-order valence-corrected chi connectivity index (χ2v) is 14.7. The smallest absolute Gasteiger partial charge is 0.331 e. The van der Waals surface area contributed by atoms with E-state index in [4.69, 9.17) is 9.73 Å². The summed E-state index contributed by atoms with van der Waals surface area (Å²) in [6.07, 6.45) is 24.3. The molecule has 0 spiro atoms. The number of aliphatic hydroxyl groups is 3. The summed E-state index contributed by atoms with van der Waals surface area (Å²) in [7, 11) is 0. The summed E-state index contributed by atoms with van der Waals surface area (Å²) < 4.78 is 5.65. The van der Waals surface area contributed by atoms with Crippen molar-refractivity contribution >= 4 is 12.2 Å². The van der Waals surface area contributed by atoms with Crippen molar-refractivity contribution in [2.75, 3.05) is 6.54 Å². The fourth-order valence-electron chi connectivity index (χ4n) is 10.3. The van der Waals surface area contributed by atoms with Crippen molar-refractivity contribution in [2.24, 2.45) is 33.6 Å². The van der Waals surface area contributed by atoms with E-state index >= 15 is 0 Å². The minimum absolute atomic E-state index is 0.0756. The summed E-state index contributed by atoms with van der Waals surface area (Å²) in [4.78, 5) is 16.9. The van der Waals surface area contributed by atoms with Gasteiger partial charge in [0.15, 0.2) is 0 Å². The van der Waals surface area contributed by atoms with E-state index in [0.29, 0.717) is 25.7 Å². The van der Waals surface area contributed by atoms with Crippen molar-refractivity contribution < 1.29 is 24.9 Å². The van der Waals surface area contributed by atoms with Crippen molar-refractivity contribution in [1.82, 2.24) is 0 Å². The first-order valence-electron chi connectivity index (χ1n) is 17.2. The third-order valence-electron chi connectivity index (χ3n) is 12.6. The largest absolute Gasteiger partial charge is 0.455 e. The standard InChI is InChI=1S/C35H57NO5/c1-3-4-5-6-7-8-9-10-11-12-23-36-25-33-20-15-26(37)24-34(33,39)21-17-28-27(33)16-19-32(2)29(18-22-35(28,32)40)30-13-14-31(38)41-30/h13-14,25-30,37,39-40H,3-12,15-24H2,1-2H3/t26-,27-,28+,29-,30-,32+,33-,34+,35-/m0/s1. The van der Waals surface area contributed by atoms with E-state index in [9.17, 15) is 20.1 Å². The molecular weight excluding hydrogens is 514 g/mol. The van der Waals surface area contributed by atoms with Gasteiger partial charge in [-0.15, -0.1) is 0 Å². The van der Waals surface area contributed by atoms with E-state index in [1.54, 1.807) is 0 Å². The number of unbranched alkanes of at least 4 members (excludes halogenated alkanes) is 9. The molecule has 1 aliphatic heterocycles. The average Bonchev–Trinajstić information content (AvgIpc) is 3.49. The topological polar surface area (TPSA) is 99.4 Å². The molecule has 4 fully saturated rings. The SMILES string of the molecule is CCCCCCCCCCCCN=C[C@]12CC[C@H](O)C[C@]1(O)CC[C@@H]1[C@@H]2CC[C@]2(C)[C@H]([C@@H]3C=CC(=O)O3)CC[C@]12O. The number of ether oxygens (including phenoxy) is 1. The van der Waals surface area contributed by atoms with E-state index in [1.165, 1.54) is 63.9 Å². The third-order valence-corrected chi connectivity index (χ3v) is 12.6. The predicted molar refractivity (Wildman–Crippen MR) is 163 cm³/mol. The van der Waals surface area contributed by atoms with E-state index in [2.05, 4.69) is 20.1 Å². The van der Waals surface area contributed by atoms with Gasteiger partial charge in [-0.3, -0.25) is 4.99 Å². The zero-order chi connectivity index (χ0) is 29.1. The van der Waals surface area contributed by atoms with Crippen LogP contribution >= 0.6 is 0 Å². The fraction of sp³-hybridized carbons (Fsp3) is 0.886. The number of rotatable bonds is 13. The number of esters is 1. The minimum atomic E-state index is -0.973. The fourth-order valence-corrected chi connectivity index (χ4v) is 10.3. The Balaban J connectivity index is 1.24. The molecule has 0 aromatic heterocycles. The maximum Gasteiger partial charge on any atom is 0.331 e. The number of hydrogen-bond donors (Lipinski definition) is 3. The molecule has 3 N–H and O–H groups in total. The highest BCUT2D eigenvalue weighted by Gasteiger charge is 2.71. The van der Waals surface area contributed by atoms with Crippen LogP contribution in [0.1, 0.15) is 136 Å². The van der Waals surface area contributed by atoms with Gasteiger partial charge in [0.05, 0.1) is 17.3 Å². The van der Waals surface area contributed by atoms with Gasteiger partial charge in [-0.1, -0.05) is 71.6 Å². The molecule has 5 rings (SSSR count). The molecule has 232 valence electrons. The highest BCUT2D eigenvalue weighted by atomic mass is 16.5. The van der Waals surface area contributed by atoms with Gasteiger partial charge in [-0.05, 0) is 75.7 Å². The van der Waals surface area contributed by atoms with E-state index in [-0.39, 0.29) is 35.2 Å². The molecule has 0 aromatic rings. The number of nitrogens with zero attached hydrogens (tertiary/aromatic N) is 1. The lowest BCUT2D eigenvalue weighted by Crippen LogP contribution is -2.69. The van der Waals surface area contributed by atoms with Gasteiger partial charge in [0.1, 0.15) is 6.10 Å². The Morgan fingerprint density at radius 2 is 1.54 bits per heavy atom. The normalized spacial score (nSPS) is 43.6. The molecule has 6 heteroatoms. The molecule has 0 unspecified atom stereocenters. The van der Waals surface area contributed by atoms with Gasteiger partial charge < -0.3 is 20.1 Å². The summed E-state index contributed by atoms with van der Waals surface area (Å²) in [6.45, 7) is 5.27. The van der Waals surface area contributed by atoms with Gasteiger partial charge >= 0.3 is 5.97 Å². The second kappa shape index (κ2) is 12.8. The van der Waals surface area contributed by atoms with Crippen LogP contribution in [-0.4, -0.2) is 57.5 Å². The monoisotopic (exact) mass is 571 g/mol. The number of carbonyl (C=O) groups excluding carboxylic acids is 1. The summed E-state index contributed by atoms with van der Waals surface area (Å²) in [5, 5.41) is 35.3. The Labute approximate surface area is 248 Å². The molecule has 0 aromatic carbocycles. The molecular formula is C35H57NO5. The first kappa shape index (κ1) is 31.2. The van der Waals surface area contributed by atoms with Crippen LogP contribution in [-0.2, 0) is 9.53 Å². The van der Waals surface area contributed by atoms with E-state index in [1.807, 2.05) is 6.08 Å². The quantitative estimate of drug-likeness (QED) is 0.130. The molecule has 5 aliphatic rings. The van der Waals surface area contributed by atoms with Crippen LogP contribution in [0.5, 0.6) is 0 Å². The minimum Gasteiger partial charge on any atom is -0.455 e. The lowest BCUT2D eigenvalue weighted by Gasteiger charge is -2.65. The highest BCUT2D eigenvalue weighted by Crippen LogP contribution is 2.70. The maximum atomic E-state index is 12.5. The van der Waals surface area contributed by atoms with Crippen LogP contribution in [0.2, 0.25) is 0 Å². The third kappa shape index (κ3) is 5.71. The lowest BCUT2D eigenvalue weighted by atomic mass is 9.41. The first-order valence-corrected chi connectivity index (χ1v) is 17.2. The Bertz CT molecular complexity index is 966. The molecule has 0 radical (unpaired) electrons. The number of cyclic esters (lactones) is 1. The Hall–Kier alpha value is -1.24. The number of fused-ring (bicyclic) bond motifs is 5. The molecule has 41 heavy (non-hydrogen) atoms. The molecule has 0 bridgehead atoms. The molecule has 9 atom stereocenters. The zero-order valence-corrected chi connectivity index (χ0v) is 25.9. The van der Waals surface area contributed by atoms with Gasteiger partial charge in [0.2, 0.25) is 0 Å².